The summed E-state index contributed by atoms with van der Waals surface area (Å²) < 4.78 is 7.50. The normalized spacial score (nSPS) is 11.2. The van der Waals surface area contributed by atoms with Crippen LogP contribution in [0.1, 0.15) is 0 Å². The molecule has 1 aromatic carbocycles. The third-order valence-electron chi connectivity index (χ3n) is 3.54. The van der Waals surface area contributed by atoms with Gasteiger partial charge in [-0.25, -0.2) is 9.97 Å². The highest BCUT2D eigenvalue weighted by molar-refractivity contribution is 6.31. The fourth-order valence-corrected chi connectivity index (χ4v) is 2.55. The smallest absolute Gasteiger partial charge is 0.231 e. The lowest BCUT2D eigenvalue weighted by molar-refractivity contribution is 0.620. The number of hydrogen-bond acceptors (Lipinski definition) is 5. The SMILES string of the molecule is Cn1cc(-c2cnc(N)c(-c3nc4ccc(Cl)cc4o3)c2)cn1. The summed E-state index contributed by atoms with van der Waals surface area (Å²) in [5.41, 5.74) is 9.80. The van der Waals surface area contributed by atoms with Crippen LogP contribution >= 0.6 is 11.6 Å². The molecule has 0 aliphatic carbocycles. The molecule has 0 saturated carbocycles. The van der Waals surface area contributed by atoms with Crippen molar-refractivity contribution in [3.05, 3.63) is 47.9 Å². The molecular formula is C16H12ClN5O. The van der Waals surface area contributed by atoms with Gasteiger partial charge >= 0.3 is 0 Å². The van der Waals surface area contributed by atoms with Gasteiger partial charge in [0.15, 0.2) is 5.58 Å². The van der Waals surface area contributed by atoms with Crippen LogP contribution in [-0.4, -0.2) is 19.7 Å². The van der Waals surface area contributed by atoms with Gasteiger partial charge in [0.25, 0.3) is 0 Å². The van der Waals surface area contributed by atoms with Crippen molar-refractivity contribution in [1.29, 1.82) is 0 Å². The molecule has 0 saturated heterocycles. The average Bonchev–Trinajstić information content (AvgIpc) is 3.13. The largest absolute Gasteiger partial charge is 0.436 e. The number of hydrogen-bond donors (Lipinski definition) is 1. The number of benzene rings is 1. The van der Waals surface area contributed by atoms with Crippen molar-refractivity contribution in [2.24, 2.45) is 7.05 Å². The van der Waals surface area contributed by atoms with E-state index in [4.69, 9.17) is 21.8 Å². The Labute approximate surface area is 136 Å². The number of rotatable bonds is 2. The van der Waals surface area contributed by atoms with E-state index in [1.807, 2.05) is 19.3 Å². The number of fused-ring (bicyclic) bond motifs is 1. The molecule has 0 unspecified atom stereocenters. The highest BCUT2D eigenvalue weighted by Crippen LogP contribution is 2.31. The van der Waals surface area contributed by atoms with E-state index in [0.717, 1.165) is 16.6 Å². The Bertz CT molecular complexity index is 1020. The molecule has 0 fully saturated rings. The minimum Gasteiger partial charge on any atom is -0.436 e. The van der Waals surface area contributed by atoms with Crippen LogP contribution in [0.5, 0.6) is 0 Å². The van der Waals surface area contributed by atoms with Crippen LogP contribution in [0.4, 0.5) is 5.82 Å². The predicted octanol–water partition coefficient (Wildman–Crippen LogP) is 3.53. The van der Waals surface area contributed by atoms with Gasteiger partial charge in [0.1, 0.15) is 11.3 Å². The molecule has 0 aliphatic rings. The summed E-state index contributed by atoms with van der Waals surface area (Å²) >= 11 is 5.98. The van der Waals surface area contributed by atoms with Gasteiger partial charge in [-0.3, -0.25) is 4.68 Å². The van der Waals surface area contributed by atoms with Gasteiger partial charge in [0.05, 0.1) is 11.8 Å². The summed E-state index contributed by atoms with van der Waals surface area (Å²) in [5.74, 6) is 0.772. The molecule has 0 aliphatic heterocycles. The van der Waals surface area contributed by atoms with E-state index < -0.39 is 0 Å². The third-order valence-corrected chi connectivity index (χ3v) is 3.77. The van der Waals surface area contributed by atoms with Crippen LogP contribution in [0.25, 0.3) is 33.7 Å². The van der Waals surface area contributed by atoms with Crippen LogP contribution in [0.15, 0.2) is 47.3 Å². The Balaban J connectivity index is 1.86. The molecule has 2 N–H and O–H groups in total. The lowest BCUT2D eigenvalue weighted by Crippen LogP contribution is -1.95. The van der Waals surface area contributed by atoms with Crippen molar-refractivity contribution >= 4 is 28.5 Å². The molecule has 0 amide bonds. The second kappa shape index (κ2) is 5.10. The van der Waals surface area contributed by atoms with Gasteiger partial charge in [0.2, 0.25) is 5.89 Å². The Hall–Kier alpha value is -2.86. The molecule has 4 rings (SSSR count). The summed E-state index contributed by atoms with van der Waals surface area (Å²) in [6.45, 7) is 0. The maximum atomic E-state index is 6.00. The number of anilines is 1. The quantitative estimate of drug-likeness (QED) is 0.609. The number of nitrogens with zero attached hydrogens (tertiary/aromatic N) is 4. The molecule has 3 heterocycles. The molecule has 0 spiro atoms. The summed E-state index contributed by atoms with van der Waals surface area (Å²) in [6.07, 6.45) is 5.38. The predicted molar refractivity (Wildman–Crippen MR) is 88.9 cm³/mol. The van der Waals surface area contributed by atoms with Crippen molar-refractivity contribution in [3.63, 3.8) is 0 Å². The fourth-order valence-electron chi connectivity index (χ4n) is 2.39. The van der Waals surface area contributed by atoms with Crippen molar-refractivity contribution in [2.45, 2.75) is 0 Å². The van der Waals surface area contributed by atoms with E-state index in [9.17, 15) is 0 Å². The van der Waals surface area contributed by atoms with Crippen LogP contribution in [0.2, 0.25) is 5.02 Å². The number of oxazole rings is 1. The first kappa shape index (κ1) is 13.8. The molecule has 0 bridgehead atoms. The summed E-state index contributed by atoms with van der Waals surface area (Å²) in [6, 6.07) is 7.19. The molecule has 3 aromatic heterocycles. The number of nitrogen functional groups attached to an aromatic ring is 1. The zero-order valence-corrected chi connectivity index (χ0v) is 12.9. The second-order valence-electron chi connectivity index (χ2n) is 5.19. The number of aromatic nitrogens is 4. The van der Waals surface area contributed by atoms with E-state index >= 15 is 0 Å². The van der Waals surface area contributed by atoms with E-state index in [2.05, 4.69) is 15.1 Å². The first-order chi connectivity index (χ1) is 11.1. The molecule has 7 heteroatoms. The second-order valence-corrected chi connectivity index (χ2v) is 5.63. The van der Waals surface area contributed by atoms with Crippen molar-refractivity contribution in [2.75, 3.05) is 5.73 Å². The van der Waals surface area contributed by atoms with Crippen LogP contribution < -0.4 is 5.73 Å². The van der Waals surface area contributed by atoms with Gasteiger partial charge < -0.3 is 10.2 Å². The Morgan fingerprint density at radius 1 is 1.17 bits per heavy atom. The van der Waals surface area contributed by atoms with Gasteiger partial charge in [-0.05, 0) is 18.2 Å². The third kappa shape index (κ3) is 2.43. The topological polar surface area (TPSA) is 82.8 Å². The maximum absolute atomic E-state index is 6.00. The standard InChI is InChI=1S/C16H12ClN5O/c1-22-8-10(7-20-22)9-4-12(15(18)19-6-9)16-21-13-3-2-11(17)5-14(13)23-16/h2-8H,1H3,(H2,18,19). The van der Waals surface area contributed by atoms with Gasteiger partial charge in [-0.15, -0.1) is 0 Å². The summed E-state index contributed by atoms with van der Waals surface area (Å²) in [7, 11) is 1.86. The highest BCUT2D eigenvalue weighted by Gasteiger charge is 2.14. The van der Waals surface area contributed by atoms with Gasteiger partial charge in [0, 0.05) is 41.7 Å². The zero-order chi connectivity index (χ0) is 16.0. The molecule has 6 nitrogen and oxygen atoms in total. The van der Waals surface area contributed by atoms with Crippen molar-refractivity contribution in [1.82, 2.24) is 19.7 Å². The molecule has 114 valence electrons. The molecular weight excluding hydrogens is 314 g/mol. The molecule has 23 heavy (non-hydrogen) atoms. The number of halogens is 1. The van der Waals surface area contributed by atoms with Crippen LogP contribution in [-0.2, 0) is 7.05 Å². The summed E-state index contributed by atoms with van der Waals surface area (Å²) in [4.78, 5) is 8.70. The minimum absolute atomic E-state index is 0.357. The molecule has 0 atom stereocenters. The van der Waals surface area contributed by atoms with Crippen LogP contribution in [0, 0.1) is 0 Å². The van der Waals surface area contributed by atoms with Crippen molar-refractivity contribution in [3.8, 4) is 22.6 Å². The van der Waals surface area contributed by atoms with Gasteiger partial charge in [-0.2, -0.15) is 5.10 Å². The van der Waals surface area contributed by atoms with Gasteiger partial charge in [-0.1, -0.05) is 11.6 Å². The first-order valence-corrected chi connectivity index (χ1v) is 7.29. The molecule has 0 radical (unpaired) electrons. The lowest BCUT2D eigenvalue weighted by atomic mass is 10.1. The number of aryl methyl sites for hydroxylation is 1. The van der Waals surface area contributed by atoms with E-state index in [1.54, 1.807) is 35.3 Å². The maximum Gasteiger partial charge on any atom is 0.231 e. The monoisotopic (exact) mass is 325 g/mol. The zero-order valence-electron chi connectivity index (χ0n) is 12.2. The Kier molecular flexibility index (Phi) is 3.06. The number of nitrogens with two attached hydrogens (primary N) is 1. The van der Waals surface area contributed by atoms with E-state index in [1.165, 1.54) is 0 Å². The van der Waals surface area contributed by atoms with Crippen molar-refractivity contribution < 1.29 is 4.42 Å². The van der Waals surface area contributed by atoms with E-state index in [0.29, 0.717) is 27.9 Å². The molecule has 4 aromatic rings. The first-order valence-electron chi connectivity index (χ1n) is 6.91. The van der Waals surface area contributed by atoms with Crippen LogP contribution in [0.3, 0.4) is 0 Å². The highest BCUT2D eigenvalue weighted by atomic mass is 35.5. The Morgan fingerprint density at radius 2 is 2.04 bits per heavy atom. The lowest BCUT2D eigenvalue weighted by Gasteiger charge is -2.03. The summed E-state index contributed by atoms with van der Waals surface area (Å²) in [5, 5.41) is 4.76. The Morgan fingerprint density at radius 3 is 2.83 bits per heavy atom. The average molecular weight is 326 g/mol. The van der Waals surface area contributed by atoms with E-state index in [-0.39, 0.29) is 0 Å². The number of pyridine rings is 1. The fraction of sp³-hybridized carbons (Fsp3) is 0.0625. The minimum atomic E-state index is 0.357.